The molecule has 1 saturated heterocycles. The average Bonchev–Trinajstić information content (AvgIpc) is 2.79. The third kappa shape index (κ3) is 2.23. The highest BCUT2D eigenvalue weighted by Crippen LogP contribution is 2.28. The maximum absolute atomic E-state index is 11.9. The van der Waals surface area contributed by atoms with E-state index in [-0.39, 0.29) is 11.8 Å². The van der Waals surface area contributed by atoms with Crippen LogP contribution in [0, 0.1) is 0 Å². The van der Waals surface area contributed by atoms with Crippen molar-refractivity contribution in [3.05, 3.63) is 29.8 Å². The molecular formula is C14H18N2O2. The molecule has 4 nitrogen and oxygen atoms in total. The van der Waals surface area contributed by atoms with Gasteiger partial charge in [-0.15, -0.1) is 0 Å². The van der Waals surface area contributed by atoms with Crippen molar-refractivity contribution in [1.29, 1.82) is 0 Å². The Morgan fingerprint density at radius 1 is 1.39 bits per heavy atom. The molecule has 1 aromatic carbocycles. The van der Waals surface area contributed by atoms with Gasteiger partial charge < -0.3 is 10.2 Å². The van der Waals surface area contributed by atoms with Gasteiger partial charge in [0.25, 0.3) is 5.91 Å². The van der Waals surface area contributed by atoms with Gasteiger partial charge in [0.2, 0.25) is 5.91 Å². The summed E-state index contributed by atoms with van der Waals surface area (Å²) in [6.07, 6.45) is 2.51. The summed E-state index contributed by atoms with van der Waals surface area (Å²) in [5.74, 6) is 0.0656. The Morgan fingerprint density at radius 3 is 2.61 bits per heavy atom. The number of benzene rings is 1. The van der Waals surface area contributed by atoms with E-state index in [1.54, 1.807) is 19.2 Å². The van der Waals surface area contributed by atoms with E-state index in [4.69, 9.17) is 0 Å². The first-order chi connectivity index (χ1) is 8.67. The van der Waals surface area contributed by atoms with Gasteiger partial charge in [-0.3, -0.25) is 9.59 Å². The molecule has 4 heteroatoms. The topological polar surface area (TPSA) is 49.4 Å². The summed E-state index contributed by atoms with van der Waals surface area (Å²) in [4.78, 5) is 25.2. The number of hydrogen-bond donors (Lipinski definition) is 1. The molecule has 0 spiro atoms. The lowest BCUT2D eigenvalue weighted by Crippen LogP contribution is -2.32. The first-order valence-corrected chi connectivity index (χ1v) is 6.31. The van der Waals surface area contributed by atoms with Crippen LogP contribution in [0.15, 0.2) is 24.3 Å². The molecule has 1 atom stereocenters. The third-order valence-corrected chi connectivity index (χ3v) is 3.43. The molecule has 1 fully saturated rings. The maximum Gasteiger partial charge on any atom is 0.251 e. The number of rotatable bonds is 3. The summed E-state index contributed by atoms with van der Waals surface area (Å²) >= 11 is 0. The van der Waals surface area contributed by atoms with E-state index in [1.807, 2.05) is 17.0 Å². The Labute approximate surface area is 107 Å². The van der Waals surface area contributed by atoms with Crippen LogP contribution in [0.4, 0.5) is 5.69 Å². The first kappa shape index (κ1) is 12.6. The quantitative estimate of drug-likeness (QED) is 0.886. The third-order valence-electron chi connectivity index (χ3n) is 3.43. The zero-order valence-corrected chi connectivity index (χ0v) is 10.8. The number of hydrogen-bond acceptors (Lipinski definition) is 2. The SMILES string of the molecule is CCC1CCC(=O)N1c1ccc(C(=O)NC)cc1. The van der Waals surface area contributed by atoms with Crippen LogP contribution in [0.5, 0.6) is 0 Å². The first-order valence-electron chi connectivity index (χ1n) is 6.31. The van der Waals surface area contributed by atoms with Gasteiger partial charge in [0.05, 0.1) is 0 Å². The molecule has 0 radical (unpaired) electrons. The normalized spacial score (nSPS) is 19.1. The fourth-order valence-electron chi connectivity index (χ4n) is 2.40. The zero-order valence-electron chi connectivity index (χ0n) is 10.8. The minimum atomic E-state index is -0.110. The van der Waals surface area contributed by atoms with E-state index in [0.29, 0.717) is 18.0 Å². The Bertz CT molecular complexity index is 453. The van der Waals surface area contributed by atoms with Gasteiger partial charge >= 0.3 is 0 Å². The number of anilines is 1. The van der Waals surface area contributed by atoms with Crippen LogP contribution in [-0.4, -0.2) is 24.9 Å². The van der Waals surface area contributed by atoms with Gasteiger partial charge in [-0.2, -0.15) is 0 Å². The van der Waals surface area contributed by atoms with Gasteiger partial charge in [0.15, 0.2) is 0 Å². The molecule has 2 rings (SSSR count). The van der Waals surface area contributed by atoms with Crippen molar-refractivity contribution in [3.8, 4) is 0 Å². The van der Waals surface area contributed by atoms with Gasteiger partial charge in [0.1, 0.15) is 0 Å². The van der Waals surface area contributed by atoms with Crippen LogP contribution in [0.3, 0.4) is 0 Å². The van der Waals surface area contributed by atoms with Crippen LogP contribution >= 0.6 is 0 Å². The summed E-state index contributed by atoms with van der Waals surface area (Å²) in [5, 5.41) is 2.58. The van der Waals surface area contributed by atoms with Crippen molar-refractivity contribution in [3.63, 3.8) is 0 Å². The summed E-state index contributed by atoms with van der Waals surface area (Å²) < 4.78 is 0. The number of nitrogens with zero attached hydrogens (tertiary/aromatic N) is 1. The molecule has 0 aliphatic carbocycles. The van der Waals surface area contributed by atoms with Gasteiger partial charge in [0, 0.05) is 30.8 Å². The molecule has 1 N–H and O–H groups in total. The number of amides is 2. The molecule has 1 aliphatic heterocycles. The molecule has 18 heavy (non-hydrogen) atoms. The van der Waals surface area contributed by atoms with Gasteiger partial charge in [-0.25, -0.2) is 0 Å². The van der Waals surface area contributed by atoms with Crippen molar-refractivity contribution in [1.82, 2.24) is 5.32 Å². The van der Waals surface area contributed by atoms with Crippen molar-refractivity contribution in [2.45, 2.75) is 32.2 Å². The summed E-state index contributed by atoms with van der Waals surface area (Å²) in [7, 11) is 1.60. The molecule has 1 unspecified atom stereocenters. The van der Waals surface area contributed by atoms with E-state index in [9.17, 15) is 9.59 Å². The van der Waals surface area contributed by atoms with Crippen LogP contribution < -0.4 is 10.2 Å². The molecule has 1 heterocycles. The fraction of sp³-hybridized carbons (Fsp3) is 0.429. The molecule has 0 saturated carbocycles. The molecule has 2 amide bonds. The summed E-state index contributed by atoms with van der Waals surface area (Å²) in [6.45, 7) is 2.09. The fourth-order valence-corrected chi connectivity index (χ4v) is 2.40. The zero-order chi connectivity index (χ0) is 13.1. The molecule has 1 aliphatic rings. The highest BCUT2D eigenvalue weighted by Gasteiger charge is 2.30. The molecular weight excluding hydrogens is 228 g/mol. The molecule has 0 aromatic heterocycles. The standard InChI is InChI=1S/C14H18N2O2/c1-3-11-8-9-13(17)16(11)12-6-4-10(5-7-12)14(18)15-2/h4-7,11H,3,8-9H2,1-2H3,(H,15,18). The number of carbonyl (C=O) groups is 2. The van der Waals surface area contributed by atoms with E-state index >= 15 is 0 Å². The minimum absolute atomic E-state index is 0.110. The highest BCUT2D eigenvalue weighted by atomic mass is 16.2. The Kier molecular flexibility index (Phi) is 3.65. The molecule has 96 valence electrons. The smallest absolute Gasteiger partial charge is 0.251 e. The summed E-state index contributed by atoms with van der Waals surface area (Å²) in [5.41, 5.74) is 1.50. The van der Waals surface area contributed by atoms with Crippen molar-refractivity contribution < 1.29 is 9.59 Å². The second-order valence-electron chi connectivity index (χ2n) is 4.49. The van der Waals surface area contributed by atoms with Gasteiger partial charge in [-0.1, -0.05) is 6.92 Å². The number of carbonyl (C=O) groups excluding carboxylic acids is 2. The van der Waals surface area contributed by atoms with Gasteiger partial charge in [-0.05, 0) is 37.1 Å². The Morgan fingerprint density at radius 2 is 2.06 bits per heavy atom. The second-order valence-corrected chi connectivity index (χ2v) is 4.49. The lowest BCUT2D eigenvalue weighted by atomic mass is 10.1. The monoisotopic (exact) mass is 246 g/mol. The minimum Gasteiger partial charge on any atom is -0.355 e. The van der Waals surface area contributed by atoms with E-state index in [2.05, 4.69) is 12.2 Å². The van der Waals surface area contributed by atoms with Crippen molar-refractivity contribution in [2.24, 2.45) is 0 Å². The molecule has 0 bridgehead atoms. The lowest BCUT2D eigenvalue weighted by Gasteiger charge is -2.24. The van der Waals surface area contributed by atoms with E-state index in [0.717, 1.165) is 18.5 Å². The highest BCUT2D eigenvalue weighted by molar-refractivity contribution is 5.98. The Hall–Kier alpha value is -1.84. The lowest BCUT2D eigenvalue weighted by molar-refractivity contribution is -0.117. The second kappa shape index (κ2) is 5.21. The van der Waals surface area contributed by atoms with E-state index in [1.165, 1.54) is 0 Å². The predicted molar refractivity (Wildman–Crippen MR) is 70.6 cm³/mol. The molecule has 1 aromatic rings. The predicted octanol–water partition coefficient (Wildman–Crippen LogP) is 1.95. The largest absolute Gasteiger partial charge is 0.355 e. The van der Waals surface area contributed by atoms with Crippen molar-refractivity contribution >= 4 is 17.5 Å². The van der Waals surface area contributed by atoms with Crippen LogP contribution in [-0.2, 0) is 4.79 Å². The maximum atomic E-state index is 11.9. The van der Waals surface area contributed by atoms with Crippen LogP contribution in [0.2, 0.25) is 0 Å². The average molecular weight is 246 g/mol. The summed E-state index contributed by atoms with van der Waals surface area (Å²) in [6, 6.07) is 7.50. The Balaban J connectivity index is 2.23. The van der Waals surface area contributed by atoms with E-state index < -0.39 is 0 Å². The van der Waals surface area contributed by atoms with Crippen LogP contribution in [0.1, 0.15) is 36.5 Å². The number of nitrogens with one attached hydrogen (secondary N) is 1. The van der Waals surface area contributed by atoms with Crippen LogP contribution in [0.25, 0.3) is 0 Å². The van der Waals surface area contributed by atoms with Crippen molar-refractivity contribution in [2.75, 3.05) is 11.9 Å².